The van der Waals surface area contributed by atoms with E-state index in [4.69, 9.17) is 4.74 Å². The maximum Gasteiger partial charge on any atom is 0.321 e. The first-order valence-corrected chi connectivity index (χ1v) is 8.40. The number of hydrogen-bond donors (Lipinski definition) is 2. The van der Waals surface area contributed by atoms with Gasteiger partial charge in [-0.1, -0.05) is 0 Å². The van der Waals surface area contributed by atoms with E-state index in [1.807, 2.05) is 30.6 Å². The topological polar surface area (TPSA) is 90.3 Å². The summed E-state index contributed by atoms with van der Waals surface area (Å²) in [5.74, 6) is -1.57. The number of likely N-dealkylation sites (tertiary alicyclic amines) is 2. The van der Waals surface area contributed by atoms with Crippen molar-refractivity contribution in [1.29, 1.82) is 0 Å². The molecule has 0 radical (unpaired) electrons. The van der Waals surface area contributed by atoms with Gasteiger partial charge in [0.25, 0.3) is 0 Å². The zero-order valence-electron chi connectivity index (χ0n) is 14.1. The molecule has 2 aliphatic rings. The minimum absolute atomic E-state index is 0.0231. The Labute approximate surface area is 137 Å². The quantitative estimate of drug-likeness (QED) is 0.717. The lowest BCUT2D eigenvalue weighted by atomic mass is 10.2. The molecule has 0 saturated carbocycles. The summed E-state index contributed by atoms with van der Waals surface area (Å²) in [6, 6.07) is -0.725. The third-order valence-electron chi connectivity index (χ3n) is 4.97. The molecule has 0 amide bonds. The second-order valence-corrected chi connectivity index (χ2v) is 6.92. The monoisotopic (exact) mass is 328 g/mol. The first-order chi connectivity index (χ1) is 10.8. The number of carboxylic acids is 2. The van der Waals surface area contributed by atoms with Gasteiger partial charge < -0.3 is 14.9 Å². The van der Waals surface area contributed by atoms with Crippen LogP contribution in [0.25, 0.3) is 0 Å². The van der Waals surface area contributed by atoms with Gasteiger partial charge in [0.05, 0.1) is 12.7 Å². The molecule has 2 rings (SSSR count). The number of aliphatic carboxylic acids is 2. The Balaban J connectivity index is 1.86. The molecule has 7 nitrogen and oxygen atoms in total. The normalized spacial score (nSPS) is 30.9. The van der Waals surface area contributed by atoms with Crippen molar-refractivity contribution >= 4 is 11.9 Å². The molecule has 2 heterocycles. The highest BCUT2D eigenvalue weighted by atomic mass is 16.5. The zero-order valence-corrected chi connectivity index (χ0v) is 14.1. The van der Waals surface area contributed by atoms with Crippen LogP contribution in [0, 0.1) is 0 Å². The van der Waals surface area contributed by atoms with Crippen LogP contribution in [-0.2, 0) is 14.3 Å². The molecule has 4 unspecified atom stereocenters. The number of nitrogens with zero attached hydrogens (tertiary/aromatic N) is 2. The van der Waals surface area contributed by atoms with Crippen LogP contribution in [0.1, 0.15) is 40.0 Å². The van der Waals surface area contributed by atoms with Crippen LogP contribution >= 0.6 is 0 Å². The van der Waals surface area contributed by atoms with E-state index in [0.29, 0.717) is 26.0 Å². The highest BCUT2D eigenvalue weighted by molar-refractivity contribution is 5.74. The number of rotatable bonds is 7. The Hall–Kier alpha value is -1.18. The molecule has 2 aliphatic heterocycles. The van der Waals surface area contributed by atoms with Crippen molar-refractivity contribution in [2.45, 2.75) is 70.3 Å². The average molecular weight is 328 g/mol. The first kappa shape index (κ1) is 18.2. The predicted molar refractivity (Wildman–Crippen MR) is 84.4 cm³/mol. The van der Waals surface area contributed by atoms with E-state index in [1.165, 1.54) is 0 Å². The molecule has 0 spiro atoms. The molecule has 2 fully saturated rings. The minimum atomic E-state index is -0.802. The zero-order chi connectivity index (χ0) is 17.1. The molecular weight excluding hydrogens is 300 g/mol. The number of hydrogen-bond acceptors (Lipinski definition) is 5. The molecule has 132 valence electrons. The fourth-order valence-electron chi connectivity index (χ4n) is 3.71. The van der Waals surface area contributed by atoms with Crippen LogP contribution < -0.4 is 0 Å². The van der Waals surface area contributed by atoms with Gasteiger partial charge in [-0.25, -0.2) is 0 Å². The largest absolute Gasteiger partial charge is 0.480 e. The molecule has 23 heavy (non-hydrogen) atoms. The summed E-state index contributed by atoms with van der Waals surface area (Å²) in [4.78, 5) is 26.5. The molecule has 4 atom stereocenters. The molecule has 2 N–H and O–H groups in total. The summed E-state index contributed by atoms with van der Waals surface area (Å²) in [5.41, 5.74) is 0. The predicted octanol–water partition coefficient (Wildman–Crippen LogP) is 0.876. The van der Waals surface area contributed by atoms with Crippen molar-refractivity contribution in [3.8, 4) is 0 Å². The fraction of sp³-hybridized carbons (Fsp3) is 0.875. The highest BCUT2D eigenvalue weighted by Crippen LogP contribution is 2.25. The van der Waals surface area contributed by atoms with Crippen LogP contribution in [-0.4, -0.2) is 81.9 Å². The van der Waals surface area contributed by atoms with Crippen molar-refractivity contribution < 1.29 is 24.5 Å². The van der Waals surface area contributed by atoms with Gasteiger partial charge in [0, 0.05) is 25.0 Å². The molecule has 2 saturated heterocycles. The van der Waals surface area contributed by atoms with Crippen molar-refractivity contribution in [3.63, 3.8) is 0 Å². The minimum Gasteiger partial charge on any atom is -0.480 e. The third-order valence-corrected chi connectivity index (χ3v) is 4.97. The lowest BCUT2D eigenvalue weighted by Gasteiger charge is -2.29. The first-order valence-electron chi connectivity index (χ1n) is 8.40. The Morgan fingerprint density at radius 2 is 1.78 bits per heavy atom. The summed E-state index contributed by atoms with van der Waals surface area (Å²) in [5, 5.41) is 18.6. The Morgan fingerprint density at radius 3 is 2.30 bits per heavy atom. The smallest absolute Gasteiger partial charge is 0.321 e. The summed E-state index contributed by atoms with van der Waals surface area (Å²) < 4.78 is 5.93. The summed E-state index contributed by atoms with van der Waals surface area (Å²) in [7, 11) is 0. The molecule has 0 aromatic rings. The summed E-state index contributed by atoms with van der Waals surface area (Å²) in [6.07, 6.45) is 1.97. The van der Waals surface area contributed by atoms with Crippen LogP contribution in [0.15, 0.2) is 0 Å². The van der Waals surface area contributed by atoms with E-state index in [9.17, 15) is 19.8 Å². The molecule has 0 bridgehead atoms. The maximum absolute atomic E-state index is 11.4. The van der Waals surface area contributed by atoms with Crippen molar-refractivity contribution in [2.75, 3.05) is 19.7 Å². The van der Waals surface area contributed by atoms with E-state index in [2.05, 4.69) is 0 Å². The fourth-order valence-corrected chi connectivity index (χ4v) is 3.71. The van der Waals surface area contributed by atoms with Gasteiger partial charge in [-0.3, -0.25) is 19.4 Å². The van der Waals surface area contributed by atoms with Crippen molar-refractivity contribution in [3.05, 3.63) is 0 Å². The standard InChI is InChI=1S/C16H28N2O5/c1-10(2)18-8-12(7-14(18)16(21)22)23-9-11(3)17-6-4-5-13(17)15(19)20/h10-14H,4-9H2,1-3H3,(H,19,20)(H,21,22). The Bertz CT molecular complexity index is 442. The van der Waals surface area contributed by atoms with Gasteiger partial charge in [0.15, 0.2) is 0 Å². The van der Waals surface area contributed by atoms with Crippen LogP contribution in [0.3, 0.4) is 0 Å². The van der Waals surface area contributed by atoms with Crippen molar-refractivity contribution in [1.82, 2.24) is 9.80 Å². The summed E-state index contributed by atoms with van der Waals surface area (Å²) >= 11 is 0. The van der Waals surface area contributed by atoms with E-state index in [-0.39, 0.29) is 18.2 Å². The van der Waals surface area contributed by atoms with Crippen molar-refractivity contribution in [2.24, 2.45) is 0 Å². The van der Waals surface area contributed by atoms with Gasteiger partial charge >= 0.3 is 11.9 Å². The van der Waals surface area contributed by atoms with E-state index >= 15 is 0 Å². The lowest BCUT2D eigenvalue weighted by molar-refractivity contribution is -0.144. The third kappa shape index (κ3) is 4.22. The maximum atomic E-state index is 11.4. The lowest BCUT2D eigenvalue weighted by Crippen LogP contribution is -2.44. The number of ether oxygens (including phenoxy) is 1. The second-order valence-electron chi connectivity index (χ2n) is 6.92. The van der Waals surface area contributed by atoms with Crippen LogP contribution in [0.5, 0.6) is 0 Å². The van der Waals surface area contributed by atoms with Gasteiger partial charge in [-0.15, -0.1) is 0 Å². The Morgan fingerprint density at radius 1 is 1.13 bits per heavy atom. The molecular formula is C16H28N2O5. The van der Waals surface area contributed by atoms with Crippen LogP contribution in [0.4, 0.5) is 0 Å². The molecule has 0 aliphatic carbocycles. The Kier molecular flexibility index (Phi) is 6.00. The molecule has 0 aromatic carbocycles. The van der Waals surface area contributed by atoms with Crippen LogP contribution in [0.2, 0.25) is 0 Å². The highest BCUT2D eigenvalue weighted by Gasteiger charge is 2.39. The van der Waals surface area contributed by atoms with E-state index in [0.717, 1.165) is 13.0 Å². The van der Waals surface area contributed by atoms with Gasteiger partial charge in [-0.05, 0) is 40.2 Å². The molecule has 7 heteroatoms. The average Bonchev–Trinajstić information content (AvgIpc) is 3.11. The SMILES string of the molecule is CC(C)N1CC(OCC(C)N2CCCC2C(=O)O)CC1C(=O)O. The van der Waals surface area contributed by atoms with Gasteiger partial charge in [-0.2, -0.15) is 0 Å². The van der Waals surface area contributed by atoms with Gasteiger partial charge in [0.1, 0.15) is 12.1 Å². The van der Waals surface area contributed by atoms with E-state index in [1.54, 1.807) is 0 Å². The molecule has 0 aromatic heterocycles. The number of carboxylic acid groups (broad SMARTS) is 2. The van der Waals surface area contributed by atoms with E-state index < -0.39 is 24.0 Å². The second kappa shape index (κ2) is 7.59. The number of carbonyl (C=O) groups is 2. The summed E-state index contributed by atoms with van der Waals surface area (Å²) in [6.45, 7) is 7.79. The van der Waals surface area contributed by atoms with Gasteiger partial charge in [0.2, 0.25) is 0 Å².